The standard InChI is InChI=1S/C30H37N.ClH/c1-2-10-24(11-3-1)12-8-9-21-31-22-19-27(20-23-31)30-28-15-6-4-13-25(28)17-18-26-14-5-7-16-29(26)30;/h4-7,13-18,24H,1-3,8-12,19-23H2;1H. The average Bonchev–Trinajstić information content (AvgIpc) is 3.00. The lowest BCUT2D eigenvalue weighted by molar-refractivity contribution is 0.244. The van der Waals surface area contributed by atoms with E-state index < -0.39 is 0 Å². The zero-order chi connectivity index (χ0) is 20.9. The van der Waals surface area contributed by atoms with Crippen molar-refractivity contribution in [2.24, 2.45) is 5.92 Å². The van der Waals surface area contributed by atoms with Crippen LogP contribution in [0, 0.1) is 5.92 Å². The summed E-state index contributed by atoms with van der Waals surface area (Å²) in [5.74, 6) is 1.04. The third-order valence-corrected chi connectivity index (χ3v) is 7.78. The van der Waals surface area contributed by atoms with Crippen LogP contribution in [0.1, 0.15) is 86.5 Å². The highest BCUT2D eigenvalue weighted by molar-refractivity contribution is 5.94. The van der Waals surface area contributed by atoms with E-state index in [0.717, 1.165) is 5.92 Å². The number of hydrogen-bond donors (Lipinski definition) is 0. The molecule has 0 radical (unpaired) electrons. The summed E-state index contributed by atoms with van der Waals surface area (Å²) >= 11 is 0. The highest BCUT2D eigenvalue weighted by atomic mass is 35.5. The van der Waals surface area contributed by atoms with Gasteiger partial charge < -0.3 is 4.90 Å². The van der Waals surface area contributed by atoms with Crippen molar-refractivity contribution in [3.05, 3.63) is 76.4 Å². The Bertz CT molecular complexity index is 889. The Morgan fingerprint density at radius 3 is 1.94 bits per heavy atom. The second-order valence-electron chi connectivity index (χ2n) is 9.83. The van der Waals surface area contributed by atoms with Gasteiger partial charge >= 0.3 is 0 Å². The fourth-order valence-electron chi connectivity index (χ4n) is 5.99. The van der Waals surface area contributed by atoms with Gasteiger partial charge in [-0.3, -0.25) is 0 Å². The molecule has 2 aliphatic carbocycles. The molecular formula is C30H38ClN. The van der Waals surface area contributed by atoms with Crippen LogP contribution in [0.3, 0.4) is 0 Å². The smallest absolute Gasteiger partial charge is 0.00190 e. The van der Waals surface area contributed by atoms with Crippen LogP contribution < -0.4 is 0 Å². The number of rotatable bonds is 5. The maximum atomic E-state index is 2.72. The lowest BCUT2D eigenvalue weighted by Gasteiger charge is -2.31. The van der Waals surface area contributed by atoms with Crippen molar-refractivity contribution >= 4 is 30.1 Å². The minimum atomic E-state index is 0. The number of nitrogens with zero attached hydrogens (tertiary/aromatic N) is 1. The Morgan fingerprint density at radius 2 is 1.31 bits per heavy atom. The summed E-state index contributed by atoms with van der Waals surface area (Å²) in [6, 6.07) is 17.9. The van der Waals surface area contributed by atoms with Crippen LogP contribution >= 0.6 is 12.4 Å². The Labute approximate surface area is 201 Å². The third kappa shape index (κ3) is 5.38. The first kappa shape index (κ1) is 23.3. The number of halogens is 1. The van der Waals surface area contributed by atoms with Gasteiger partial charge in [-0.2, -0.15) is 0 Å². The number of piperidine rings is 1. The molecule has 1 heterocycles. The van der Waals surface area contributed by atoms with Crippen molar-refractivity contribution in [3.63, 3.8) is 0 Å². The van der Waals surface area contributed by atoms with Gasteiger partial charge in [0.1, 0.15) is 0 Å². The van der Waals surface area contributed by atoms with Crippen LogP contribution in [0.4, 0.5) is 0 Å². The summed E-state index contributed by atoms with van der Waals surface area (Å²) < 4.78 is 0. The van der Waals surface area contributed by atoms with E-state index in [1.54, 1.807) is 5.57 Å². The molecule has 5 rings (SSSR count). The van der Waals surface area contributed by atoms with Crippen LogP contribution in [-0.2, 0) is 0 Å². The quantitative estimate of drug-likeness (QED) is 0.356. The zero-order valence-corrected chi connectivity index (χ0v) is 20.2. The molecule has 2 aromatic rings. The summed E-state index contributed by atoms with van der Waals surface area (Å²) in [6.45, 7) is 3.74. The number of likely N-dealkylation sites (tertiary alicyclic amines) is 1. The van der Waals surface area contributed by atoms with Gasteiger partial charge in [-0.25, -0.2) is 0 Å². The highest BCUT2D eigenvalue weighted by Crippen LogP contribution is 2.38. The lowest BCUT2D eigenvalue weighted by Crippen LogP contribution is -2.32. The molecule has 1 nitrogen and oxygen atoms in total. The molecule has 0 unspecified atom stereocenters. The van der Waals surface area contributed by atoms with Crippen molar-refractivity contribution in [2.75, 3.05) is 19.6 Å². The summed E-state index contributed by atoms with van der Waals surface area (Å²) in [4.78, 5) is 2.72. The summed E-state index contributed by atoms with van der Waals surface area (Å²) in [7, 11) is 0. The van der Waals surface area contributed by atoms with Gasteiger partial charge in [0.2, 0.25) is 0 Å². The normalized spacial score (nSPS) is 19.1. The average molecular weight is 448 g/mol. The molecule has 0 aromatic heterocycles. The number of hydrogen-bond acceptors (Lipinski definition) is 1. The van der Waals surface area contributed by atoms with Gasteiger partial charge in [-0.1, -0.05) is 111 Å². The first-order valence-electron chi connectivity index (χ1n) is 12.7. The molecular weight excluding hydrogens is 410 g/mol. The fraction of sp³-hybridized carbons (Fsp3) is 0.467. The Morgan fingerprint density at radius 1 is 0.719 bits per heavy atom. The molecule has 0 atom stereocenters. The SMILES string of the molecule is C1=Cc2ccccc2C(=C2CCN(CCCCC3CCCCC3)CC2)c2ccccc21.Cl. The van der Waals surface area contributed by atoms with Gasteiger partial charge in [0.15, 0.2) is 0 Å². The second-order valence-corrected chi connectivity index (χ2v) is 9.83. The van der Waals surface area contributed by atoms with Crippen molar-refractivity contribution < 1.29 is 0 Å². The van der Waals surface area contributed by atoms with Crippen LogP contribution in [0.2, 0.25) is 0 Å². The summed E-state index contributed by atoms with van der Waals surface area (Å²) in [5.41, 5.74) is 8.70. The molecule has 32 heavy (non-hydrogen) atoms. The number of unbranched alkanes of at least 4 members (excludes halogenated alkanes) is 1. The van der Waals surface area contributed by atoms with Crippen molar-refractivity contribution in [1.29, 1.82) is 0 Å². The van der Waals surface area contributed by atoms with E-state index in [9.17, 15) is 0 Å². The van der Waals surface area contributed by atoms with E-state index in [4.69, 9.17) is 0 Å². The molecule has 0 amide bonds. The predicted octanol–water partition coefficient (Wildman–Crippen LogP) is 8.24. The third-order valence-electron chi connectivity index (χ3n) is 7.78. The Hall–Kier alpha value is -1.83. The summed E-state index contributed by atoms with van der Waals surface area (Å²) in [5, 5.41) is 0. The van der Waals surface area contributed by atoms with Crippen molar-refractivity contribution in [1.82, 2.24) is 4.90 Å². The van der Waals surface area contributed by atoms with E-state index >= 15 is 0 Å². The molecule has 0 spiro atoms. The first-order valence-corrected chi connectivity index (χ1v) is 12.7. The molecule has 2 heteroatoms. The van der Waals surface area contributed by atoms with Crippen LogP contribution in [0.5, 0.6) is 0 Å². The van der Waals surface area contributed by atoms with Gasteiger partial charge in [0, 0.05) is 13.1 Å². The Kier molecular flexibility index (Phi) is 8.27. The van der Waals surface area contributed by atoms with Gasteiger partial charge in [-0.15, -0.1) is 12.4 Å². The van der Waals surface area contributed by atoms with E-state index in [0.29, 0.717) is 0 Å². The second kappa shape index (κ2) is 11.3. The first-order chi connectivity index (χ1) is 15.4. The zero-order valence-electron chi connectivity index (χ0n) is 19.4. The maximum Gasteiger partial charge on any atom is 0.00190 e. The predicted molar refractivity (Wildman–Crippen MR) is 141 cm³/mol. The minimum absolute atomic E-state index is 0. The molecule has 0 bridgehead atoms. The van der Waals surface area contributed by atoms with E-state index in [1.807, 2.05) is 0 Å². The highest BCUT2D eigenvalue weighted by Gasteiger charge is 2.22. The molecule has 2 fully saturated rings. The number of fused-ring (bicyclic) bond motifs is 2. The van der Waals surface area contributed by atoms with E-state index in [2.05, 4.69) is 65.6 Å². The molecule has 3 aliphatic rings. The van der Waals surface area contributed by atoms with Crippen molar-refractivity contribution in [2.45, 2.75) is 64.2 Å². The van der Waals surface area contributed by atoms with Crippen LogP contribution in [0.25, 0.3) is 17.7 Å². The largest absolute Gasteiger partial charge is 0.303 e. The molecule has 170 valence electrons. The maximum absolute atomic E-state index is 2.72. The molecule has 0 N–H and O–H groups in total. The molecule has 1 saturated heterocycles. The van der Waals surface area contributed by atoms with E-state index in [-0.39, 0.29) is 12.4 Å². The Balaban J connectivity index is 0.00000245. The summed E-state index contributed by atoms with van der Waals surface area (Å²) in [6.07, 6.45) is 18.7. The molecule has 2 aromatic carbocycles. The van der Waals surface area contributed by atoms with Gasteiger partial charge in [-0.05, 0) is 59.6 Å². The topological polar surface area (TPSA) is 3.24 Å². The number of benzene rings is 2. The molecule has 1 aliphatic heterocycles. The lowest BCUT2D eigenvalue weighted by atomic mass is 9.85. The monoisotopic (exact) mass is 447 g/mol. The molecule has 1 saturated carbocycles. The van der Waals surface area contributed by atoms with Crippen LogP contribution in [-0.4, -0.2) is 24.5 Å². The van der Waals surface area contributed by atoms with Gasteiger partial charge in [0.25, 0.3) is 0 Å². The fourth-order valence-corrected chi connectivity index (χ4v) is 5.99. The van der Waals surface area contributed by atoms with Crippen molar-refractivity contribution in [3.8, 4) is 0 Å². The minimum Gasteiger partial charge on any atom is -0.303 e. The van der Waals surface area contributed by atoms with E-state index in [1.165, 1.54) is 112 Å². The van der Waals surface area contributed by atoms with Gasteiger partial charge in [0.05, 0.1) is 0 Å². The van der Waals surface area contributed by atoms with Crippen LogP contribution in [0.15, 0.2) is 54.1 Å².